The van der Waals surface area contributed by atoms with Gasteiger partial charge in [0.05, 0.1) is 5.52 Å². The van der Waals surface area contributed by atoms with Crippen molar-refractivity contribution in [2.24, 2.45) is 7.05 Å². The third-order valence-corrected chi connectivity index (χ3v) is 7.08. The molecule has 10 nitrogen and oxygen atoms in total. The smallest absolute Gasteiger partial charge is 0.404 e. The normalized spacial score (nSPS) is 19.1. The zero-order valence-electron chi connectivity index (χ0n) is 21.0. The van der Waals surface area contributed by atoms with E-state index in [2.05, 4.69) is 64.1 Å². The van der Waals surface area contributed by atoms with Crippen LogP contribution >= 0.6 is 0 Å². The van der Waals surface area contributed by atoms with Crippen molar-refractivity contribution >= 4 is 22.9 Å². The van der Waals surface area contributed by atoms with Gasteiger partial charge in [-0.3, -0.25) is 9.47 Å². The Kier molecular flexibility index (Phi) is 7.22. The Bertz CT molecular complexity index is 1360. The number of carboxylic acid groups (broad SMARTS) is 1. The third kappa shape index (κ3) is 4.88. The maximum absolute atomic E-state index is 12.7. The third-order valence-electron chi connectivity index (χ3n) is 7.08. The molecule has 1 aliphatic rings. The molecule has 4 rings (SSSR count). The maximum atomic E-state index is 12.7. The van der Waals surface area contributed by atoms with E-state index < -0.39 is 6.09 Å². The van der Waals surface area contributed by atoms with Gasteiger partial charge in [0.15, 0.2) is 5.82 Å². The summed E-state index contributed by atoms with van der Waals surface area (Å²) < 4.78 is 1.46. The molecule has 10 heteroatoms. The quantitative estimate of drug-likeness (QED) is 0.541. The molecule has 1 amide bonds. The van der Waals surface area contributed by atoms with Gasteiger partial charge in [-0.05, 0) is 43.5 Å². The summed E-state index contributed by atoms with van der Waals surface area (Å²) in [6.45, 7) is 8.17. The number of nitrogens with one attached hydrogen (secondary N) is 1. The average molecular weight is 490 g/mol. The van der Waals surface area contributed by atoms with Crippen LogP contribution in [-0.2, 0) is 13.6 Å². The van der Waals surface area contributed by atoms with Crippen molar-refractivity contribution in [2.75, 3.05) is 18.0 Å². The Hall–Kier alpha value is -3.97. The van der Waals surface area contributed by atoms with Crippen molar-refractivity contribution in [3.8, 4) is 6.07 Å². The molecule has 188 valence electrons. The molecule has 0 radical (unpaired) electrons. The summed E-state index contributed by atoms with van der Waals surface area (Å²) in [6.07, 6.45) is -0.129. The first-order valence-electron chi connectivity index (χ1n) is 12.1. The van der Waals surface area contributed by atoms with E-state index in [1.54, 1.807) is 19.2 Å². The van der Waals surface area contributed by atoms with Gasteiger partial charge >= 0.3 is 11.8 Å². The zero-order valence-corrected chi connectivity index (χ0v) is 21.0. The van der Waals surface area contributed by atoms with Crippen LogP contribution in [0, 0.1) is 11.3 Å². The molecule has 0 saturated carbocycles. The summed E-state index contributed by atoms with van der Waals surface area (Å²) in [6, 6.07) is 13.9. The first kappa shape index (κ1) is 25.1. The molecule has 2 aromatic heterocycles. The largest absolute Gasteiger partial charge is 0.465 e. The van der Waals surface area contributed by atoms with Gasteiger partial charge in [-0.25, -0.2) is 14.6 Å². The molecular formula is C26H31N7O3. The van der Waals surface area contributed by atoms with Crippen LogP contribution in [0.3, 0.4) is 0 Å². The van der Waals surface area contributed by atoms with Crippen LogP contribution in [0.2, 0.25) is 0 Å². The first-order valence-corrected chi connectivity index (χ1v) is 12.1. The lowest BCUT2D eigenvalue weighted by Crippen LogP contribution is -2.58. The molecule has 0 aliphatic carbocycles. The Morgan fingerprint density at radius 1 is 1.22 bits per heavy atom. The predicted molar refractivity (Wildman–Crippen MR) is 137 cm³/mol. The van der Waals surface area contributed by atoms with E-state index in [1.807, 2.05) is 12.1 Å². The maximum Gasteiger partial charge on any atom is 0.404 e. The van der Waals surface area contributed by atoms with Gasteiger partial charge in [0, 0.05) is 44.8 Å². The van der Waals surface area contributed by atoms with Gasteiger partial charge in [-0.2, -0.15) is 10.2 Å². The fourth-order valence-electron chi connectivity index (χ4n) is 4.95. The molecule has 0 bridgehead atoms. The lowest BCUT2D eigenvalue weighted by Gasteiger charge is -2.48. The first-order chi connectivity index (χ1) is 17.2. The van der Waals surface area contributed by atoms with Crippen LogP contribution in [-0.4, -0.2) is 55.8 Å². The highest BCUT2D eigenvalue weighted by Gasteiger charge is 2.35. The fraction of sp³-hybridized carbons (Fsp3) is 0.423. The van der Waals surface area contributed by atoms with Crippen LogP contribution in [0.1, 0.15) is 50.1 Å². The molecule has 2 N–H and O–H groups in total. The van der Waals surface area contributed by atoms with E-state index in [1.165, 1.54) is 4.57 Å². The lowest BCUT2D eigenvalue weighted by atomic mass is 9.98. The number of anilines is 1. The average Bonchev–Trinajstić information content (AvgIpc) is 2.89. The van der Waals surface area contributed by atoms with Crippen molar-refractivity contribution in [2.45, 2.75) is 51.9 Å². The minimum absolute atomic E-state index is 0.0598. The number of benzene rings is 1. The summed E-state index contributed by atoms with van der Waals surface area (Å²) in [7, 11) is 1.66. The number of fused-ring (bicyclic) bond motifs is 1. The highest BCUT2D eigenvalue weighted by atomic mass is 16.4. The van der Waals surface area contributed by atoms with Gasteiger partial charge in [-0.15, -0.1) is 0 Å². The van der Waals surface area contributed by atoms with Gasteiger partial charge in [0.1, 0.15) is 17.3 Å². The van der Waals surface area contributed by atoms with E-state index in [0.717, 1.165) is 24.1 Å². The zero-order chi connectivity index (χ0) is 26.0. The molecule has 1 saturated heterocycles. The fourth-order valence-corrected chi connectivity index (χ4v) is 4.95. The predicted octanol–water partition coefficient (Wildman–Crippen LogP) is 3.02. The van der Waals surface area contributed by atoms with Crippen LogP contribution in [0.4, 0.5) is 10.6 Å². The number of hydrogen-bond acceptors (Lipinski definition) is 7. The second-order valence-electron chi connectivity index (χ2n) is 9.29. The molecule has 1 aliphatic heterocycles. The highest BCUT2D eigenvalue weighted by Crippen LogP contribution is 2.32. The number of aromatic nitrogens is 3. The standard InChI is InChI=1S/C26H31N7O3/c1-5-21-15-32(24-23-22(31(4)25(34)30-24)11-10-20(12-27)29-23)16(2)14-33(21)17(3)19-8-6-18(7-9-19)13-28-26(35)36/h6-11,16-17,21,28H,5,13-15H2,1-4H3,(H,35,36)/t16-,17?,21+/m0/s1. The highest BCUT2D eigenvalue weighted by molar-refractivity contribution is 5.86. The van der Waals surface area contributed by atoms with Crippen LogP contribution in [0.5, 0.6) is 0 Å². The van der Waals surface area contributed by atoms with Crippen LogP contribution in [0.25, 0.3) is 11.0 Å². The molecule has 1 aromatic carbocycles. The molecule has 1 fully saturated rings. The number of pyridine rings is 1. The van der Waals surface area contributed by atoms with Crippen LogP contribution < -0.4 is 15.9 Å². The number of aryl methyl sites for hydroxylation is 1. The lowest BCUT2D eigenvalue weighted by molar-refractivity contribution is 0.106. The van der Waals surface area contributed by atoms with Gasteiger partial charge < -0.3 is 15.3 Å². The number of nitriles is 1. The Labute approximate surface area is 209 Å². The number of amides is 1. The van der Waals surface area contributed by atoms with E-state index >= 15 is 0 Å². The Balaban J connectivity index is 1.61. The van der Waals surface area contributed by atoms with Crippen LogP contribution in [0.15, 0.2) is 41.2 Å². The number of hydrogen-bond donors (Lipinski definition) is 2. The molecule has 1 unspecified atom stereocenters. The van der Waals surface area contributed by atoms with Crippen molar-refractivity contribution in [1.82, 2.24) is 24.8 Å². The molecule has 36 heavy (non-hydrogen) atoms. The van der Waals surface area contributed by atoms with Crippen molar-refractivity contribution in [1.29, 1.82) is 5.26 Å². The number of piperazine rings is 1. The number of nitrogens with zero attached hydrogens (tertiary/aromatic N) is 6. The minimum Gasteiger partial charge on any atom is -0.465 e. The molecular weight excluding hydrogens is 458 g/mol. The monoisotopic (exact) mass is 489 g/mol. The van der Waals surface area contributed by atoms with Crippen molar-refractivity contribution in [3.05, 3.63) is 63.7 Å². The molecule has 3 aromatic rings. The second-order valence-corrected chi connectivity index (χ2v) is 9.29. The Morgan fingerprint density at radius 2 is 1.94 bits per heavy atom. The second kappa shape index (κ2) is 10.3. The summed E-state index contributed by atoms with van der Waals surface area (Å²) >= 11 is 0. The van der Waals surface area contributed by atoms with E-state index in [0.29, 0.717) is 23.4 Å². The summed E-state index contributed by atoms with van der Waals surface area (Å²) in [4.78, 5) is 36.9. The van der Waals surface area contributed by atoms with E-state index in [4.69, 9.17) is 5.11 Å². The number of rotatable bonds is 6. The minimum atomic E-state index is -1.04. The summed E-state index contributed by atoms with van der Waals surface area (Å²) in [5, 5.41) is 20.6. The Morgan fingerprint density at radius 3 is 2.58 bits per heavy atom. The van der Waals surface area contributed by atoms with Gasteiger partial charge in [0.25, 0.3) is 0 Å². The topological polar surface area (TPSA) is 127 Å². The SMILES string of the molecule is CC[C@@H]1CN(c2nc(=O)n(C)c3ccc(C#N)nc23)[C@@H](C)CN1C(C)c1ccc(CNC(=O)O)cc1. The summed E-state index contributed by atoms with van der Waals surface area (Å²) in [5.74, 6) is 0.527. The molecule has 3 heterocycles. The van der Waals surface area contributed by atoms with Gasteiger partial charge in [0.2, 0.25) is 0 Å². The molecule has 3 atom stereocenters. The number of carbonyl (C=O) groups is 1. The van der Waals surface area contributed by atoms with E-state index in [-0.39, 0.29) is 36.1 Å². The van der Waals surface area contributed by atoms with Crippen molar-refractivity contribution < 1.29 is 9.90 Å². The molecule has 0 spiro atoms. The van der Waals surface area contributed by atoms with Crippen molar-refractivity contribution in [3.63, 3.8) is 0 Å². The summed E-state index contributed by atoms with van der Waals surface area (Å²) in [5.41, 5.74) is 3.22. The van der Waals surface area contributed by atoms with E-state index in [9.17, 15) is 14.9 Å². The van der Waals surface area contributed by atoms with Gasteiger partial charge in [-0.1, -0.05) is 31.2 Å².